The largest absolute Gasteiger partial charge is 0.543 e. The van der Waals surface area contributed by atoms with Crippen molar-refractivity contribution in [1.82, 2.24) is 20.4 Å². The zero-order chi connectivity index (χ0) is 23.3. The second-order valence-electron chi connectivity index (χ2n) is 7.54. The van der Waals surface area contributed by atoms with E-state index in [2.05, 4.69) is 5.32 Å². The Labute approximate surface area is 202 Å². The van der Waals surface area contributed by atoms with Crippen LogP contribution in [0.4, 0.5) is 0 Å². The molecule has 2 amide bonds. The van der Waals surface area contributed by atoms with Gasteiger partial charge in [0.15, 0.2) is 25.0 Å². The summed E-state index contributed by atoms with van der Waals surface area (Å²) in [5, 5.41) is 19.0. The molecule has 3 N–H and O–H groups in total. The van der Waals surface area contributed by atoms with Crippen LogP contribution in [0.25, 0.3) is 0 Å². The van der Waals surface area contributed by atoms with Crippen LogP contribution in [0.1, 0.15) is 0 Å². The number of hydrazine groups is 1. The van der Waals surface area contributed by atoms with Crippen molar-refractivity contribution in [3.8, 4) is 0 Å². The first kappa shape index (κ1) is 22.6. The van der Waals surface area contributed by atoms with Gasteiger partial charge in [-0.1, -0.05) is 23.0 Å². The van der Waals surface area contributed by atoms with E-state index in [-0.39, 0.29) is 11.2 Å². The molecule has 2 saturated heterocycles. The number of hydrogen-bond donors (Lipinski definition) is 2. The van der Waals surface area contributed by atoms with Gasteiger partial charge in [-0.05, 0) is 5.41 Å². The highest BCUT2D eigenvalue weighted by molar-refractivity contribution is 8.02. The van der Waals surface area contributed by atoms with Gasteiger partial charge < -0.3 is 21.0 Å². The third kappa shape index (κ3) is 3.70. The van der Waals surface area contributed by atoms with Crippen molar-refractivity contribution < 1.29 is 28.3 Å². The number of fused-ring (bicyclic) bond motifs is 2. The molecule has 0 bridgehead atoms. The number of carbonyl (C=O) groups is 3. The third-order valence-corrected chi connectivity index (χ3v) is 8.13. The van der Waals surface area contributed by atoms with Gasteiger partial charge in [0.25, 0.3) is 5.91 Å². The Morgan fingerprint density at radius 1 is 1.36 bits per heavy atom. The summed E-state index contributed by atoms with van der Waals surface area (Å²) < 4.78 is 7.30. The molecular weight excluding hydrogens is 488 g/mol. The minimum Gasteiger partial charge on any atom is -0.543 e. The minimum absolute atomic E-state index is 0.117. The Kier molecular flexibility index (Phi) is 6.05. The summed E-state index contributed by atoms with van der Waals surface area (Å²) in [6.45, 7) is 0.329. The Hall–Kier alpha value is -2.23. The van der Waals surface area contributed by atoms with E-state index in [0.717, 1.165) is 12.0 Å². The van der Waals surface area contributed by atoms with Crippen LogP contribution in [-0.2, 0) is 25.2 Å². The molecule has 33 heavy (non-hydrogen) atoms. The molecule has 14 heteroatoms. The first-order valence-corrected chi connectivity index (χ1v) is 13.1. The molecule has 0 aliphatic carbocycles. The van der Waals surface area contributed by atoms with Crippen LogP contribution in [0.5, 0.6) is 0 Å². The van der Waals surface area contributed by atoms with Crippen LogP contribution in [0.15, 0.2) is 53.0 Å². The van der Waals surface area contributed by atoms with Gasteiger partial charge in [0, 0.05) is 41.8 Å². The maximum atomic E-state index is 13.0. The Morgan fingerprint density at radius 2 is 2.12 bits per heavy atom. The number of nitrogens with one attached hydrogen (secondary N) is 1. The van der Waals surface area contributed by atoms with E-state index >= 15 is 0 Å². The van der Waals surface area contributed by atoms with E-state index in [9.17, 15) is 19.5 Å². The number of pyridine rings is 1. The summed E-state index contributed by atoms with van der Waals surface area (Å²) in [5.41, 5.74) is 6.78. The summed E-state index contributed by atoms with van der Waals surface area (Å²) in [7, 11) is 0. The van der Waals surface area contributed by atoms with E-state index in [4.69, 9.17) is 10.0 Å². The second kappa shape index (κ2) is 8.85. The predicted molar refractivity (Wildman–Crippen MR) is 119 cm³/mol. The number of carboxylic acids is 1. The Morgan fingerprint density at radius 3 is 2.82 bits per heavy atom. The van der Waals surface area contributed by atoms with Crippen molar-refractivity contribution in [3.63, 3.8) is 0 Å². The van der Waals surface area contributed by atoms with Gasteiger partial charge in [0.05, 0.1) is 17.4 Å². The standard InChI is InChI=1S/C19H20N6O5S3/c1-31-30-25-14(11-9-33-19(20)24(11)25)15(26)21-12-16(27)23-13(18(28)29)10(8-32-17(12)23)7-22-5-3-2-4-6-22/h2-6,9,12,14,17,19H,7-8,20H2,1H3,(H-,21,26,28,29)/t12?,14?,17-,19?/m0/s1. The number of carbonyl (C=O) groups excluding carboxylic acids is 3. The Bertz CT molecular complexity index is 1070. The first-order chi connectivity index (χ1) is 15.9. The van der Waals surface area contributed by atoms with Gasteiger partial charge in [-0.25, -0.2) is 8.85 Å². The molecule has 0 saturated carbocycles. The fourth-order valence-electron chi connectivity index (χ4n) is 4.17. The molecule has 5 heterocycles. The number of carboxylic acid groups (broad SMARTS) is 1. The van der Waals surface area contributed by atoms with Crippen LogP contribution in [-0.4, -0.2) is 67.8 Å². The van der Waals surface area contributed by atoms with Crippen molar-refractivity contribution in [2.45, 2.75) is 29.5 Å². The molecule has 3 unspecified atom stereocenters. The molecule has 1 aromatic rings. The van der Waals surface area contributed by atoms with Crippen molar-refractivity contribution in [3.05, 3.63) is 53.0 Å². The molecule has 0 radical (unpaired) electrons. The van der Waals surface area contributed by atoms with Crippen LogP contribution >= 0.6 is 35.6 Å². The van der Waals surface area contributed by atoms with E-state index < -0.39 is 35.2 Å². The lowest BCUT2D eigenvalue weighted by Gasteiger charge is -2.52. The molecule has 0 aromatic carbocycles. The van der Waals surface area contributed by atoms with Gasteiger partial charge in [0.1, 0.15) is 16.9 Å². The Balaban J connectivity index is 1.31. The summed E-state index contributed by atoms with van der Waals surface area (Å²) in [6, 6.07) is 3.97. The number of aliphatic carboxylic acids is 1. The normalized spacial score (nSPS) is 28.5. The van der Waals surface area contributed by atoms with Crippen LogP contribution in [0.3, 0.4) is 0 Å². The number of nitrogens with zero attached hydrogens (tertiary/aromatic N) is 4. The van der Waals surface area contributed by atoms with Crippen molar-refractivity contribution in [2.24, 2.45) is 5.73 Å². The van der Waals surface area contributed by atoms with Crippen LogP contribution in [0, 0.1) is 0 Å². The monoisotopic (exact) mass is 508 g/mol. The maximum absolute atomic E-state index is 13.0. The van der Waals surface area contributed by atoms with Gasteiger partial charge in [0.2, 0.25) is 5.91 Å². The highest BCUT2D eigenvalue weighted by Gasteiger charge is 2.57. The van der Waals surface area contributed by atoms with Crippen LogP contribution in [0.2, 0.25) is 0 Å². The number of hydroxylamine groups is 1. The minimum atomic E-state index is -1.40. The molecule has 4 aliphatic heterocycles. The topological polar surface area (TPSA) is 135 Å². The molecule has 4 atom stereocenters. The molecule has 2 fully saturated rings. The van der Waals surface area contributed by atoms with Crippen molar-refractivity contribution in [1.29, 1.82) is 0 Å². The van der Waals surface area contributed by atoms with E-state index in [1.165, 1.54) is 33.6 Å². The number of amides is 2. The SMILES string of the molecule is CSON1C(C(=O)NC2C(=O)N3C(C(=O)[O-])=C(C[n+]4ccccc4)CS[C@@H]23)C2=CSC(N)N21. The molecule has 0 spiro atoms. The summed E-state index contributed by atoms with van der Waals surface area (Å²) in [4.78, 5) is 39.1. The van der Waals surface area contributed by atoms with Gasteiger partial charge >= 0.3 is 0 Å². The zero-order valence-electron chi connectivity index (χ0n) is 17.3. The molecule has 11 nitrogen and oxygen atoms in total. The molecule has 5 rings (SSSR count). The summed E-state index contributed by atoms with van der Waals surface area (Å²) in [6.07, 6.45) is 5.37. The lowest BCUT2D eigenvalue weighted by atomic mass is 10.0. The van der Waals surface area contributed by atoms with Crippen molar-refractivity contribution in [2.75, 3.05) is 12.0 Å². The number of thioether (sulfide) groups is 2. The van der Waals surface area contributed by atoms with E-state index in [1.807, 2.05) is 35.2 Å². The second-order valence-corrected chi connectivity index (χ2v) is 10.1. The predicted octanol–water partition coefficient (Wildman–Crippen LogP) is -1.68. The number of rotatable bonds is 7. The number of hydrogen-bond acceptors (Lipinski definition) is 11. The number of β-lactam (4-membered cyclic amide) rings is 1. The first-order valence-electron chi connectivity index (χ1n) is 9.95. The van der Waals surface area contributed by atoms with Crippen molar-refractivity contribution >= 4 is 53.4 Å². The van der Waals surface area contributed by atoms with Gasteiger partial charge in [-0.3, -0.25) is 19.5 Å². The molecule has 1 aromatic heterocycles. The summed E-state index contributed by atoms with van der Waals surface area (Å²) in [5.74, 6) is -1.89. The molecule has 174 valence electrons. The average Bonchev–Trinajstić information content (AvgIpc) is 3.11. The van der Waals surface area contributed by atoms with E-state index in [0.29, 0.717) is 23.6 Å². The lowest BCUT2D eigenvalue weighted by molar-refractivity contribution is -0.689. The quantitative estimate of drug-likeness (QED) is 0.248. The zero-order valence-corrected chi connectivity index (χ0v) is 19.8. The highest BCUT2D eigenvalue weighted by atomic mass is 32.2. The fourth-order valence-corrected chi connectivity index (χ4v) is 6.66. The fraction of sp³-hybridized carbons (Fsp3) is 0.368. The van der Waals surface area contributed by atoms with Crippen LogP contribution < -0.4 is 20.7 Å². The summed E-state index contributed by atoms with van der Waals surface area (Å²) >= 11 is 3.85. The molecule has 4 aliphatic rings. The highest BCUT2D eigenvalue weighted by Crippen LogP contribution is 2.44. The average molecular weight is 509 g/mol. The number of aromatic nitrogens is 1. The number of nitrogens with two attached hydrogens (primary N) is 1. The maximum Gasteiger partial charge on any atom is 0.253 e. The lowest BCUT2D eigenvalue weighted by Crippen LogP contribution is -2.74. The van der Waals surface area contributed by atoms with E-state index in [1.54, 1.807) is 16.7 Å². The van der Waals surface area contributed by atoms with Gasteiger partial charge in [-0.2, -0.15) is 0 Å². The third-order valence-electron chi connectivity index (χ3n) is 5.64. The molecular formula is C19H20N6O5S3. The van der Waals surface area contributed by atoms with Gasteiger partial charge in [-0.15, -0.1) is 11.8 Å². The smallest absolute Gasteiger partial charge is 0.253 e.